The van der Waals surface area contributed by atoms with Gasteiger partial charge in [0.05, 0.1) is 0 Å². The lowest BCUT2D eigenvalue weighted by molar-refractivity contribution is 0.249. The molecule has 36 heavy (non-hydrogen) atoms. The Balaban J connectivity index is 1.26. The van der Waals surface area contributed by atoms with Crippen LogP contribution >= 0.6 is 0 Å². The van der Waals surface area contributed by atoms with E-state index in [2.05, 4.69) is 50.0 Å². The molecule has 0 unspecified atom stereocenters. The van der Waals surface area contributed by atoms with E-state index in [0.29, 0.717) is 5.39 Å². The average molecular weight is 483 g/mol. The molecule has 1 aliphatic rings. The lowest BCUT2D eigenvalue weighted by Gasteiger charge is -2.28. The minimum absolute atomic E-state index is 0.0834. The van der Waals surface area contributed by atoms with Crippen molar-refractivity contribution in [2.45, 2.75) is 97.3 Å². The molecule has 0 nitrogen and oxygen atoms in total. The van der Waals surface area contributed by atoms with Gasteiger partial charge in [0.15, 0.2) is 0 Å². The maximum atomic E-state index is 14.7. The van der Waals surface area contributed by atoms with Crippen molar-refractivity contribution in [3.05, 3.63) is 82.7 Å². The molecule has 0 spiro atoms. The third kappa shape index (κ3) is 7.46. The first-order chi connectivity index (χ1) is 17.7. The van der Waals surface area contributed by atoms with Crippen molar-refractivity contribution in [2.24, 2.45) is 11.8 Å². The highest BCUT2D eigenvalue weighted by Gasteiger charge is 2.20. The summed E-state index contributed by atoms with van der Waals surface area (Å²) in [6, 6.07) is 18.5. The Kier molecular flexibility index (Phi) is 10.0. The Labute approximate surface area is 218 Å². The summed E-state index contributed by atoms with van der Waals surface area (Å²) in [6.07, 6.45) is 17.1. The quantitative estimate of drug-likeness (QED) is 0.199. The van der Waals surface area contributed by atoms with Crippen molar-refractivity contribution < 1.29 is 4.39 Å². The highest BCUT2D eigenvalue weighted by Crippen LogP contribution is 2.34. The van der Waals surface area contributed by atoms with Gasteiger partial charge in [-0.1, -0.05) is 120 Å². The van der Waals surface area contributed by atoms with Crippen LogP contribution < -0.4 is 0 Å². The first-order valence-electron chi connectivity index (χ1n) is 14.5. The molecule has 0 amide bonds. The van der Waals surface area contributed by atoms with Gasteiger partial charge in [-0.3, -0.25) is 0 Å². The van der Waals surface area contributed by atoms with E-state index < -0.39 is 0 Å². The van der Waals surface area contributed by atoms with E-state index in [1.807, 2.05) is 30.3 Å². The van der Waals surface area contributed by atoms with Gasteiger partial charge in [0.2, 0.25) is 0 Å². The number of aryl methyl sites for hydroxylation is 2. The third-order valence-electron chi connectivity index (χ3n) is 8.13. The molecule has 1 saturated carbocycles. The zero-order valence-corrected chi connectivity index (χ0v) is 22.4. The molecule has 0 bridgehead atoms. The molecule has 0 atom stereocenters. The summed E-state index contributed by atoms with van der Waals surface area (Å²) >= 11 is 0. The zero-order valence-electron chi connectivity index (χ0n) is 22.4. The van der Waals surface area contributed by atoms with Crippen molar-refractivity contribution in [2.75, 3.05) is 0 Å². The fraction of sp³-hybridized carbons (Fsp3) is 0.486. The van der Waals surface area contributed by atoms with Crippen molar-refractivity contribution in [3.8, 4) is 11.8 Å². The van der Waals surface area contributed by atoms with Gasteiger partial charge in [-0.2, -0.15) is 0 Å². The Hall–Kier alpha value is -2.59. The monoisotopic (exact) mass is 482 g/mol. The highest BCUT2D eigenvalue weighted by atomic mass is 19.1. The molecule has 3 aromatic rings. The van der Waals surface area contributed by atoms with Crippen LogP contribution in [0.25, 0.3) is 10.8 Å². The molecule has 1 heteroatoms. The number of hydrogen-bond acceptors (Lipinski definition) is 0. The van der Waals surface area contributed by atoms with Gasteiger partial charge >= 0.3 is 0 Å². The molecule has 0 radical (unpaired) electrons. The van der Waals surface area contributed by atoms with E-state index >= 15 is 0 Å². The van der Waals surface area contributed by atoms with Crippen molar-refractivity contribution >= 4 is 10.8 Å². The molecule has 1 fully saturated rings. The summed E-state index contributed by atoms with van der Waals surface area (Å²) in [5, 5.41) is 1.61. The van der Waals surface area contributed by atoms with Crippen molar-refractivity contribution in [3.63, 3.8) is 0 Å². The molecule has 1 aliphatic carbocycles. The first-order valence-corrected chi connectivity index (χ1v) is 14.5. The number of halogens is 1. The van der Waals surface area contributed by atoms with Gasteiger partial charge in [-0.25, -0.2) is 4.39 Å². The number of benzene rings is 3. The fourth-order valence-corrected chi connectivity index (χ4v) is 5.82. The molecule has 0 aromatic heterocycles. The molecule has 0 heterocycles. The number of rotatable bonds is 10. The summed E-state index contributed by atoms with van der Waals surface area (Å²) in [5.41, 5.74) is 4.18. The van der Waals surface area contributed by atoms with Gasteiger partial charge < -0.3 is 0 Å². The zero-order chi connectivity index (χ0) is 25.2. The fourth-order valence-electron chi connectivity index (χ4n) is 5.82. The molecular weight excluding hydrogens is 439 g/mol. The summed E-state index contributed by atoms with van der Waals surface area (Å²) in [6.45, 7) is 4.38. The van der Waals surface area contributed by atoms with Crippen LogP contribution in [0, 0.1) is 29.5 Å². The molecule has 3 aromatic carbocycles. The SMILES string of the molecule is CCCCCCC1CCC(CCc2ccc(C#Cc3ccc4c(F)c(CCC)ccc4c3)cc2)CC1. The standard InChI is InChI=1S/C35H43F/c1-3-5-6-7-9-27-10-12-28(13-11-27)14-15-29-16-18-30(19-17-29)20-21-31-22-25-34-33(26-31)24-23-32(8-4-2)35(34)36/h16-19,22-28H,3-15H2,1-2H3. The maximum Gasteiger partial charge on any atom is 0.134 e. The lowest BCUT2D eigenvalue weighted by atomic mass is 9.77. The van der Waals surface area contributed by atoms with Crippen LogP contribution in [-0.4, -0.2) is 0 Å². The van der Waals surface area contributed by atoms with Crippen LogP contribution in [0.15, 0.2) is 54.6 Å². The third-order valence-corrected chi connectivity index (χ3v) is 8.13. The van der Waals surface area contributed by atoms with E-state index in [4.69, 9.17) is 0 Å². The predicted octanol–water partition coefficient (Wildman–Crippen LogP) is 10.0. The van der Waals surface area contributed by atoms with E-state index in [1.54, 1.807) is 0 Å². The van der Waals surface area contributed by atoms with E-state index in [0.717, 1.165) is 46.8 Å². The summed E-state index contributed by atoms with van der Waals surface area (Å²) in [4.78, 5) is 0. The number of fused-ring (bicyclic) bond motifs is 1. The minimum Gasteiger partial charge on any atom is -0.206 e. The van der Waals surface area contributed by atoms with Crippen molar-refractivity contribution in [1.82, 2.24) is 0 Å². The molecule has 0 aliphatic heterocycles. The molecular formula is C35H43F. The second-order valence-corrected chi connectivity index (χ2v) is 10.9. The van der Waals surface area contributed by atoms with Crippen LogP contribution in [0.3, 0.4) is 0 Å². The summed E-state index contributed by atoms with van der Waals surface area (Å²) in [5.74, 6) is 8.38. The maximum absolute atomic E-state index is 14.7. The number of hydrogen-bond donors (Lipinski definition) is 0. The lowest BCUT2D eigenvalue weighted by Crippen LogP contribution is -2.15. The van der Waals surface area contributed by atoms with Gasteiger partial charge in [0.25, 0.3) is 0 Å². The van der Waals surface area contributed by atoms with Crippen LogP contribution in [0.1, 0.15) is 107 Å². The van der Waals surface area contributed by atoms with Gasteiger partial charge in [0.1, 0.15) is 5.82 Å². The Morgan fingerprint density at radius 2 is 1.39 bits per heavy atom. The highest BCUT2D eigenvalue weighted by molar-refractivity contribution is 5.85. The van der Waals surface area contributed by atoms with Crippen LogP contribution in [-0.2, 0) is 12.8 Å². The van der Waals surface area contributed by atoms with Crippen molar-refractivity contribution in [1.29, 1.82) is 0 Å². The summed E-state index contributed by atoms with van der Waals surface area (Å²) in [7, 11) is 0. The topological polar surface area (TPSA) is 0 Å². The predicted molar refractivity (Wildman–Crippen MR) is 153 cm³/mol. The van der Waals surface area contributed by atoms with Gasteiger partial charge in [-0.15, -0.1) is 0 Å². The van der Waals surface area contributed by atoms with Crippen LogP contribution in [0.2, 0.25) is 0 Å². The number of unbranched alkanes of at least 4 members (excludes halogenated alkanes) is 3. The Bertz CT molecular complexity index is 1150. The molecule has 4 rings (SSSR count). The Morgan fingerprint density at radius 3 is 2.11 bits per heavy atom. The smallest absolute Gasteiger partial charge is 0.134 e. The van der Waals surface area contributed by atoms with Gasteiger partial charge in [0, 0.05) is 16.5 Å². The van der Waals surface area contributed by atoms with E-state index in [-0.39, 0.29) is 5.82 Å². The molecule has 0 N–H and O–H groups in total. The van der Waals surface area contributed by atoms with E-state index in [1.165, 1.54) is 76.2 Å². The molecule has 190 valence electrons. The Morgan fingerprint density at radius 1 is 0.694 bits per heavy atom. The van der Waals surface area contributed by atoms with Crippen LogP contribution in [0.4, 0.5) is 4.39 Å². The van der Waals surface area contributed by atoms with Gasteiger partial charge in [-0.05, 0) is 71.9 Å². The van der Waals surface area contributed by atoms with Crippen LogP contribution in [0.5, 0.6) is 0 Å². The minimum atomic E-state index is -0.0834. The van der Waals surface area contributed by atoms with E-state index in [9.17, 15) is 4.39 Å². The second-order valence-electron chi connectivity index (χ2n) is 10.9. The summed E-state index contributed by atoms with van der Waals surface area (Å²) < 4.78 is 14.7. The molecule has 0 saturated heterocycles. The normalized spacial score (nSPS) is 17.6. The first kappa shape index (κ1) is 26.5. The second kappa shape index (κ2) is 13.6. The average Bonchev–Trinajstić information content (AvgIpc) is 2.91. The largest absolute Gasteiger partial charge is 0.206 e.